The van der Waals surface area contributed by atoms with E-state index in [1.165, 1.54) is 11.8 Å². The molecule has 4 rings (SSSR count). The van der Waals surface area contributed by atoms with Gasteiger partial charge in [0, 0.05) is 0 Å². The molecule has 1 amide bonds. The smallest absolute Gasteiger partial charge is 0.326 e. The summed E-state index contributed by atoms with van der Waals surface area (Å²) in [6.07, 6.45) is 1.83. The van der Waals surface area contributed by atoms with Crippen molar-refractivity contribution in [2.75, 3.05) is 0 Å². The van der Waals surface area contributed by atoms with Gasteiger partial charge in [-0.1, -0.05) is 72.5 Å². The number of thiocarbonyl (C=S) groups is 1. The second-order valence-corrected chi connectivity index (χ2v) is 7.97. The predicted molar refractivity (Wildman–Crippen MR) is 114 cm³/mol. The Kier molecular flexibility index (Phi) is 4.45. The van der Waals surface area contributed by atoms with Gasteiger partial charge in [-0.25, -0.2) is 4.79 Å². The molecule has 1 unspecified atom stereocenters. The van der Waals surface area contributed by atoms with Gasteiger partial charge in [-0.15, -0.1) is 0 Å². The SMILES string of the molecule is CC(C(=O)O)N1C(=O)/C(=C/c2c3ccccc3cc3ccccc23)SC1=S. The van der Waals surface area contributed by atoms with Crippen LogP contribution in [0.1, 0.15) is 12.5 Å². The maximum absolute atomic E-state index is 12.8. The minimum Gasteiger partial charge on any atom is -0.480 e. The number of nitrogens with zero attached hydrogens (tertiary/aromatic N) is 1. The number of hydrogen-bond donors (Lipinski definition) is 1. The first-order valence-electron chi connectivity index (χ1n) is 8.38. The van der Waals surface area contributed by atoms with Crippen LogP contribution in [0.2, 0.25) is 0 Å². The highest BCUT2D eigenvalue weighted by Gasteiger charge is 2.38. The second-order valence-electron chi connectivity index (χ2n) is 6.30. The summed E-state index contributed by atoms with van der Waals surface area (Å²) in [5.41, 5.74) is 0.937. The molecule has 1 aliphatic heterocycles. The van der Waals surface area contributed by atoms with E-state index >= 15 is 0 Å². The van der Waals surface area contributed by atoms with Gasteiger partial charge in [0.05, 0.1) is 4.91 Å². The Morgan fingerprint density at radius 2 is 1.67 bits per heavy atom. The van der Waals surface area contributed by atoms with E-state index in [0.717, 1.165) is 38.9 Å². The van der Waals surface area contributed by atoms with Gasteiger partial charge in [0.15, 0.2) is 0 Å². The lowest BCUT2D eigenvalue weighted by Crippen LogP contribution is -2.41. The third-order valence-corrected chi connectivity index (χ3v) is 5.99. The molecule has 4 nitrogen and oxygen atoms in total. The van der Waals surface area contributed by atoms with Crippen molar-refractivity contribution < 1.29 is 14.7 Å². The van der Waals surface area contributed by atoms with Gasteiger partial charge in [-0.05, 0) is 46.2 Å². The molecule has 0 saturated carbocycles. The highest BCUT2D eigenvalue weighted by molar-refractivity contribution is 8.26. The van der Waals surface area contributed by atoms with Gasteiger partial charge in [0.25, 0.3) is 5.91 Å². The summed E-state index contributed by atoms with van der Waals surface area (Å²) in [5.74, 6) is -1.44. The third-order valence-electron chi connectivity index (χ3n) is 4.66. The maximum Gasteiger partial charge on any atom is 0.326 e. The molecule has 1 fully saturated rings. The van der Waals surface area contributed by atoms with Crippen LogP contribution in [0, 0.1) is 0 Å². The molecule has 0 radical (unpaired) electrons. The summed E-state index contributed by atoms with van der Waals surface area (Å²) in [6.45, 7) is 1.46. The quantitative estimate of drug-likeness (QED) is 0.398. The summed E-state index contributed by atoms with van der Waals surface area (Å²) in [7, 11) is 0. The van der Waals surface area contributed by atoms with Crippen LogP contribution >= 0.6 is 24.0 Å². The van der Waals surface area contributed by atoms with E-state index in [4.69, 9.17) is 12.2 Å². The molecular formula is C21H15NO3S2. The Morgan fingerprint density at radius 3 is 2.22 bits per heavy atom. The number of carboxylic acid groups (broad SMARTS) is 1. The number of thioether (sulfide) groups is 1. The molecule has 0 aromatic heterocycles. The van der Waals surface area contributed by atoms with Gasteiger partial charge < -0.3 is 5.11 Å². The average molecular weight is 393 g/mol. The number of carbonyl (C=O) groups excluding carboxylic acids is 1. The van der Waals surface area contributed by atoms with Crippen LogP contribution in [-0.2, 0) is 9.59 Å². The molecular weight excluding hydrogens is 378 g/mol. The molecule has 0 aliphatic carbocycles. The molecule has 3 aromatic rings. The van der Waals surface area contributed by atoms with Crippen molar-refractivity contribution in [3.63, 3.8) is 0 Å². The van der Waals surface area contributed by atoms with Crippen LogP contribution in [0.4, 0.5) is 0 Å². The standard InChI is InChI=1S/C21H15NO3S2/c1-12(20(24)25)22-19(23)18(27-21(22)26)11-17-15-8-4-2-6-13(15)10-14-7-3-5-9-16(14)17/h2-12H,1H3,(H,24,25)/b18-11-. The molecule has 1 heterocycles. The number of amides is 1. The van der Waals surface area contributed by atoms with E-state index in [-0.39, 0.29) is 10.2 Å². The zero-order valence-corrected chi connectivity index (χ0v) is 16.0. The molecule has 0 spiro atoms. The lowest BCUT2D eigenvalue weighted by Gasteiger charge is -2.18. The predicted octanol–water partition coefficient (Wildman–Crippen LogP) is 4.67. The zero-order valence-electron chi connectivity index (χ0n) is 14.4. The number of aliphatic carboxylic acids is 1. The summed E-state index contributed by atoms with van der Waals surface area (Å²) < 4.78 is 0.269. The van der Waals surface area contributed by atoms with Gasteiger partial charge in [-0.3, -0.25) is 9.69 Å². The lowest BCUT2D eigenvalue weighted by atomic mass is 9.96. The van der Waals surface area contributed by atoms with E-state index in [1.54, 1.807) is 0 Å². The molecule has 6 heteroatoms. The molecule has 27 heavy (non-hydrogen) atoms. The van der Waals surface area contributed by atoms with E-state index in [1.807, 2.05) is 54.6 Å². The number of fused-ring (bicyclic) bond motifs is 2. The number of rotatable bonds is 3. The third kappa shape index (κ3) is 3.01. The minimum absolute atomic E-state index is 0.269. The minimum atomic E-state index is -1.08. The Morgan fingerprint density at radius 1 is 1.11 bits per heavy atom. The number of carboxylic acids is 1. The Hall–Kier alpha value is -2.70. The van der Waals surface area contributed by atoms with Crippen LogP contribution in [0.3, 0.4) is 0 Å². The van der Waals surface area contributed by atoms with Crippen molar-refractivity contribution in [3.05, 3.63) is 65.1 Å². The normalized spacial score (nSPS) is 17.2. The molecule has 1 saturated heterocycles. The topological polar surface area (TPSA) is 57.6 Å². The van der Waals surface area contributed by atoms with Crippen LogP contribution in [0.5, 0.6) is 0 Å². The molecule has 1 aliphatic rings. The first-order valence-corrected chi connectivity index (χ1v) is 9.60. The highest BCUT2D eigenvalue weighted by Crippen LogP contribution is 2.37. The van der Waals surface area contributed by atoms with Crippen LogP contribution in [-0.4, -0.2) is 32.2 Å². The van der Waals surface area contributed by atoms with Gasteiger partial charge in [0.1, 0.15) is 10.4 Å². The van der Waals surface area contributed by atoms with Crippen molar-refractivity contribution >= 4 is 67.8 Å². The fraction of sp³-hybridized carbons (Fsp3) is 0.0952. The van der Waals surface area contributed by atoms with Crippen molar-refractivity contribution in [1.82, 2.24) is 4.90 Å². The van der Waals surface area contributed by atoms with Crippen LogP contribution < -0.4 is 0 Å². The number of hydrogen-bond acceptors (Lipinski definition) is 4. The van der Waals surface area contributed by atoms with Crippen molar-refractivity contribution in [2.45, 2.75) is 13.0 Å². The van der Waals surface area contributed by atoms with Crippen molar-refractivity contribution in [2.24, 2.45) is 0 Å². The lowest BCUT2D eigenvalue weighted by molar-refractivity contribution is -0.144. The fourth-order valence-electron chi connectivity index (χ4n) is 3.26. The Balaban J connectivity index is 1.91. The van der Waals surface area contributed by atoms with E-state index < -0.39 is 12.0 Å². The molecule has 1 N–H and O–H groups in total. The fourth-order valence-corrected chi connectivity index (χ4v) is 4.66. The second kappa shape index (κ2) is 6.79. The van der Waals surface area contributed by atoms with Gasteiger partial charge in [-0.2, -0.15) is 0 Å². The van der Waals surface area contributed by atoms with E-state index in [2.05, 4.69) is 6.07 Å². The molecule has 3 aromatic carbocycles. The van der Waals surface area contributed by atoms with E-state index in [9.17, 15) is 14.7 Å². The Labute approximate surface area is 165 Å². The summed E-state index contributed by atoms with van der Waals surface area (Å²) >= 11 is 6.41. The molecule has 1 atom stereocenters. The van der Waals surface area contributed by atoms with Crippen molar-refractivity contribution in [3.8, 4) is 0 Å². The summed E-state index contributed by atoms with van der Waals surface area (Å²) in [4.78, 5) is 25.7. The largest absolute Gasteiger partial charge is 0.480 e. The molecule has 0 bridgehead atoms. The summed E-state index contributed by atoms with van der Waals surface area (Å²) in [6, 6.07) is 17.1. The maximum atomic E-state index is 12.8. The first kappa shape index (κ1) is 17.7. The first-order chi connectivity index (χ1) is 13.0. The number of benzene rings is 3. The summed E-state index contributed by atoms with van der Waals surface area (Å²) in [5, 5.41) is 13.5. The van der Waals surface area contributed by atoms with Crippen LogP contribution in [0.15, 0.2) is 59.5 Å². The van der Waals surface area contributed by atoms with E-state index in [0.29, 0.717) is 4.91 Å². The molecule has 134 valence electrons. The van der Waals surface area contributed by atoms with Crippen molar-refractivity contribution in [1.29, 1.82) is 0 Å². The highest BCUT2D eigenvalue weighted by atomic mass is 32.2. The number of carbonyl (C=O) groups is 2. The average Bonchev–Trinajstić information content (AvgIpc) is 2.94. The Bertz CT molecular complexity index is 1100. The monoisotopic (exact) mass is 393 g/mol. The van der Waals surface area contributed by atoms with Crippen LogP contribution in [0.25, 0.3) is 27.6 Å². The van der Waals surface area contributed by atoms with Gasteiger partial charge >= 0.3 is 5.97 Å². The van der Waals surface area contributed by atoms with Gasteiger partial charge in [0.2, 0.25) is 0 Å². The zero-order chi connectivity index (χ0) is 19.1.